The summed E-state index contributed by atoms with van der Waals surface area (Å²) in [4.78, 5) is 0. The first-order chi connectivity index (χ1) is 7.72. The molecular weight excluding hydrogens is 276 g/mol. The maximum atomic E-state index is 8.45. The van der Waals surface area contributed by atoms with Gasteiger partial charge in [0.15, 0.2) is 18.1 Å². The zero-order chi connectivity index (χ0) is 12.0. The van der Waals surface area contributed by atoms with E-state index in [1.54, 1.807) is 12.1 Å². The Bertz CT molecular complexity index is 440. The molecule has 0 aliphatic heterocycles. The average molecular weight is 285 g/mol. The molecule has 0 spiro atoms. The summed E-state index contributed by atoms with van der Waals surface area (Å²) in [5.74, 6) is 0.916. The number of hydrogen-bond acceptors (Lipinski definition) is 5. The summed E-state index contributed by atoms with van der Waals surface area (Å²) < 4.78 is 10.9. The standard InChI is InChI=1S/C10H9BrN2O3/c1-15-9-4-7(6-13-14)8(11)5-10(9)16-3-2-12/h4-6,14H,3H2,1H3. The molecule has 6 heteroatoms. The van der Waals surface area contributed by atoms with Crippen LogP contribution in [0.2, 0.25) is 0 Å². The fourth-order valence-corrected chi connectivity index (χ4v) is 1.52. The van der Waals surface area contributed by atoms with Crippen molar-refractivity contribution in [3.63, 3.8) is 0 Å². The van der Waals surface area contributed by atoms with Crippen LogP contribution in [0.1, 0.15) is 5.56 Å². The topological polar surface area (TPSA) is 74.8 Å². The number of benzene rings is 1. The fourth-order valence-electron chi connectivity index (χ4n) is 1.09. The Labute approximate surface area is 101 Å². The van der Waals surface area contributed by atoms with Crippen molar-refractivity contribution in [2.24, 2.45) is 5.16 Å². The molecule has 84 valence electrons. The van der Waals surface area contributed by atoms with Crippen LogP contribution in [-0.4, -0.2) is 25.1 Å². The highest BCUT2D eigenvalue weighted by molar-refractivity contribution is 9.10. The van der Waals surface area contributed by atoms with E-state index in [1.807, 2.05) is 6.07 Å². The summed E-state index contributed by atoms with van der Waals surface area (Å²) >= 11 is 3.28. The Hall–Kier alpha value is -1.74. The first kappa shape index (κ1) is 12.3. The van der Waals surface area contributed by atoms with Crippen molar-refractivity contribution >= 4 is 22.1 Å². The second-order valence-electron chi connectivity index (χ2n) is 2.72. The second kappa shape index (κ2) is 5.98. The van der Waals surface area contributed by atoms with Gasteiger partial charge in [0.1, 0.15) is 6.07 Å². The van der Waals surface area contributed by atoms with Crippen LogP contribution in [0, 0.1) is 11.3 Å². The van der Waals surface area contributed by atoms with Gasteiger partial charge in [-0.15, -0.1) is 0 Å². The van der Waals surface area contributed by atoms with Crippen molar-refractivity contribution in [2.45, 2.75) is 0 Å². The molecule has 0 saturated heterocycles. The summed E-state index contributed by atoms with van der Waals surface area (Å²) in [6, 6.07) is 5.15. The van der Waals surface area contributed by atoms with Gasteiger partial charge in [0.2, 0.25) is 0 Å². The molecule has 1 aromatic carbocycles. The molecule has 0 amide bonds. The minimum absolute atomic E-state index is 0.0593. The van der Waals surface area contributed by atoms with E-state index >= 15 is 0 Å². The largest absolute Gasteiger partial charge is 0.493 e. The number of oxime groups is 1. The van der Waals surface area contributed by atoms with Gasteiger partial charge in [0.25, 0.3) is 0 Å². The highest BCUT2D eigenvalue weighted by Crippen LogP contribution is 2.32. The smallest absolute Gasteiger partial charge is 0.174 e. The second-order valence-corrected chi connectivity index (χ2v) is 3.57. The average Bonchev–Trinajstić information content (AvgIpc) is 2.29. The van der Waals surface area contributed by atoms with E-state index in [4.69, 9.17) is 19.9 Å². The monoisotopic (exact) mass is 284 g/mol. The lowest BCUT2D eigenvalue weighted by Crippen LogP contribution is -1.98. The lowest BCUT2D eigenvalue weighted by atomic mass is 10.2. The van der Waals surface area contributed by atoms with Crippen molar-refractivity contribution in [1.82, 2.24) is 0 Å². The van der Waals surface area contributed by atoms with Gasteiger partial charge in [-0.25, -0.2) is 0 Å². The molecule has 0 heterocycles. The molecule has 1 rings (SSSR count). The van der Waals surface area contributed by atoms with E-state index in [0.717, 1.165) is 0 Å². The lowest BCUT2D eigenvalue weighted by molar-refractivity contribution is 0.321. The molecule has 0 unspecified atom stereocenters. The van der Waals surface area contributed by atoms with E-state index in [0.29, 0.717) is 21.5 Å². The predicted octanol–water partition coefficient (Wildman–Crippen LogP) is 2.17. The molecule has 0 fully saturated rings. The molecule has 5 nitrogen and oxygen atoms in total. The number of halogens is 1. The predicted molar refractivity (Wildman–Crippen MR) is 61.2 cm³/mol. The zero-order valence-electron chi connectivity index (χ0n) is 8.48. The maximum Gasteiger partial charge on any atom is 0.174 e. The van der Waals surface area contributed by atoms with Gasteiger partial charge in [-0.2, -0.15) is 5.26 Å². The highest BCUT2D eigenvalue weighted by atomic mass is 79.9. The van der Waals surface area contributed by atoms with Gasteiger partial charge in [0, 0.05) is 10.0 Å². The summed E-state index contributed by atoms with van der Waals surface area (Å²) in [6.45, 7) is -0.0593. The van der Waals surface area contributed by atoms with Gasteiger partial charge in [0.05, 0.1) is 13.3 Å². The molecule has 0 aromatic heterocycles. The van der Waals surface area contributed by atoms with E-state index in [1.165, 1.54) is 13.3 Å². The van der Waals surface area contributed by atoms with Gasteiger partial charge < -0.3 is 14.7 Å². The van der Waals surface area contributed by atoms with Crippen molar-refractivity contribution in [1.29, 1.82) is 5.26 Å². The number of ether oxygens (including phenoxy) is 2. The number of nitrogens with zero attached hydrogens (tertiary/aromatic N) is 2. The first-order valence-electron chi connectivity index (χ1n) is 4.27. The van der Waals surface area contributed by atoms with Gasteiger partial charge in [-0.1, -0.05) is 5.16 Å². The summed E-state index contributed by atoms with van der Waals surface area (Å²) in [5, 5.41) is 19.8. The number of hydrogen-bond donors (Lipinski definition) is 1. The first-order valence-corrected chi connectivity index (χ1v) is 5.07. The number of methoxy groups -OCH3 is 1. The Morgan fingerprint density at radius 3 is 2.88 bits per heavy atom. The molecule has 0 aliphatic rings. The summed E-state index contributed by atoms with van der Waals surface area (Å²) in [7, 11) is 1.49. The molecule has 1 aromatic rings. The van der Waals surface area contributed by atoms with Crippen LogP contribution in [0.15, 0.2) is 21.8 Å². The third-order valence-electron chi connectivity index (χ3n) is 1.77. The van der Waals surface area contributed by atoms with Crippen molar-refractivity contribution in [3.8, 4) is 17.6 Å². The van der Waals surface area contributed by atoms with E-state index in [-0.39, 0.29) is 6.61 Å². The van der Waals surface area contributed by atoms with Crippen molar-refractivity contribution < 1.29 is 14.7 Å². The van der Waals surface area contributed by atoms with Gasteiger partial charge in [-0.05, 0) is 28.1 Å². The molecule has 0 saturated carbocycles. The lowest BCUT2D eigenvalue weighted by Gasteiger charge is -2.10. The van der Waals surface area contributed by atoms with Crippen molar-refractivity contribution in [3.05, 3.63) is 22.2 Å². The van der Waals surface area contributed by atoms with Gasteiger partial charge in [-0.3, -0.25) is 0 Å². The third-order valence-corrected chi connectivity index (χ3v) is 2.46. The van der Waals surface area contributed by atoms with Crippen LogP contribution in [0.25, 0.3) is 0 Å². The number of nitriles is 1. The Morgan fingerprint density at radius 2 is 2.31 bits per heavy atom. The van der Waals surface area contributed by atoms with E-state index in [2.05, 4.69) is 21.1 Å². The highest BCUT2D eigenvalue weighted by Gasteiger charge is 2.09. The molecule has 0 bridgehead atoms. The quantitative estimate of drug-likeness (QED) is 0.522. The Kier molecular flexibility index (Phi) is 4.61. The Morgan fingerprint density at radius 1 is 1.56 bits per heavy atom. The van der Waals surface area contributed by atoms with Crippen molar-refractivity contribution in [2.75, 3.05) is 13.7 Å². The summed E-state index contributed by atoms with van der Waals surface area (Å²) in [5.41, 5.74) is 0.642. The number of rotatable bonds is 4. The van der Waals surface area contributed by atoms with Gasteiger partial charge >= 0.3 is 0 Å². The molecule has 1 N–H and O–H groups in total. The Balaban J connectivity index is 3.11. The molecule has 0 atom stereocenters. The minimum atomic E-state index is -0.0593. The molecule has 0 radical (unpaired) electrons. The normalized spacial score (nSPS) is 10.1. The zero-order valence-corrected chi connectivity index (χ0v) is 10.1. The SMILES string of the molecule is COc1cc(C=NO)c(Br)cc1OCC#N. The summed E-state index contributed by atoms with van der Waals surface area (Å²) in [6.07, 6.45) is 1.26. The van der Waals surface area contributed by atoms with Crippen LogP contribution < -0.4 is 9.47 Å². The van der Waals surface area contributed by atoms with Crippen LogP contribution >= 0.6 is 15.9 Å². The molecular formula is C10H9BrN2O3. The molecule has 16 heavy (non-hydrogen) atoms. The van der Waals surface area contributed by atoms with Crippen LogP contribution in [0.3, 0.4) is 0 Å². The maximum absolute atomic E-state index is 8.45. The fraction of sp³-hybridized carbons (Fsp3) is 0.200. The van der Waals surface area contributed by atoms with Crippen LogP contribution in [0.4, 0.5) is 0 Å². The minimum Gasteiger partial charge on any atom is -0.493 e. The third kappa shape index (κ3) is 2.87. The van der Waals surface area contributed by atoms with Crippen LogP contribution in [0.5, 0.6) is 11.5 Å². The van der Waals surface area contributed by atoms with E-state index < -0.39 is 0 Å². The van der Waals surface area contributed by atoms with E-state index in [9.17, 15) is 0 Å². The van der Waals surface area contributed by atoms with Crippen LogP contribution in [-0.2, 0) is 0 Å². The molecule has 0 aliphatic carbocycles.